The molecule has 6 heteroatoms. The number of hydrogen-bond acceptors (Lipinski definition) is 5. The van der Waals surface area contributed by atoms with Crippen LogP contribution in [0.2, 0.25) is 0 Å². The van der Waals surface area contributed by atoms with Crippen molar-refractivity contribution in [2.24, 2.45) is 0 Å². The van der Waals surface area contributed by atoms with Crippen molar-refractivity contribution >= 4 is 5.82 Å². The molecule has 0 saturated heterocycles. The maximum absolute atomic E-state index is 13.4. The number of halogens is 1. The SMILES string of the molecule is CCCCCNc1nc(OC)c(-c2ccc(F)cc2OC)nc1C. The molecule has 2 aromatic rings. The number of methoxy groups -OCH3 is 2. The second-order valence-corrected chi connectivity index (χ2v) is 5.49. The van der Waals surface area contributed by atoms with E-state index in [-0.39, 0.29) is 5.82 Å². The van der Waals surface area contributed by atoms with Gasteiger partial charge < -0.3 is 14.8 Å². The average Bonchev–Trinajstić information content (AvgIpc) is 2.59. The molecule has 1 N–H and O–H groups in total. The lowest BCUT2D eigenvalue weighted by molar-refractivity contribution is 0.395. The maximum Gasteiger partial charge on any atom is 0.242 e. The molecule has 1 aromatic heterocycles. The van der Waals surface area contributed by atoms with Crippen LogP contribution in [-0.4, -0.2) is 30.7 Å². The normalized spacial score (nSPS) is 10.5. The summed E-state index contributed by atoms with van der Waals surface area (Å²) in [6.45, 7) is 4.89. The van der Waals surface area contributed by atoms with Gasteiger partial charge in [0.25, 0.3) is 0 Å². The number of anilines is 1. The van der Waals surface area contributed by atoms with Crippen molar-refractivity contribution in [1.82, 2.24) is 9.97 Å². The first-order valence-corrected chi connectivity index (χ1v) is 8.11. The van der Waals surface area contributed by atoms with Gasteiger partial charge in [-0.15, -0.1) is 0 Å². The molecule has 24 heavy (non-hydrogen) atoms. The smallest absolute Gasteiger partial charge is 0.242 e. The van der Waals surface area contributed by atoms with Gasteiger partial charge in [-0.25, -0.2) is 9.37 Å². The molecule has 2 rings (SSSR count). The van der Waals surface area contributed by atoms with Crippen molar-refractivity contribution in [2.75, 3.05) is 26.1 Å². The molecule has 0 fully saturated rings. The lowest BCUT2D eigenvalue weighted by Gasteiger charge is -2.14. The summed E-state index contributed by atoms with van der Waals surface area (Å²) in [4.78, 5) is 9.12. The van der Waals surface area contributed by atoms with Gasteiger partial charge in [0.2, 0.25) is 5.88 Å². The Bertz CT molecular complexity index is 692. The van der Waals surface area contributed by atoms with Crippen LogP contribution in [0.4, 0.5) is 10.2 Å². The molecule has 0 atom stereocenters. The van der Waals surface area contributed by atoms with Crippen molar-refractivity contribution in [1.29, 1.82) is 0 Å². The summed E-state index contributed by atoms with van der Waals surface area (Å²) in [5.74, 6) is 1.11. The van der Waals surface area contributed by atoms with E-state index in [1.54, 1.807) is 13.2 Å². The van der Waals surface area contributed by atoms with E-state index < -0.39 is 0 Å². The number of rotatable bonds is 8. The van der Waals surface area contributed by atoms with Gasteiger partial charge in [-0.05, 0) is 25.5 Å². The molecule has 1 heterocycles. The molecule has 130 valence electrons. The van der Waals surface area contributed by atoms with Crippen LogP contribution in [0.5, 0.6) is 11.6 Å². The predicted molar refractivity (Wildman–Crippen MR) is 93.3 cm³/mol. The van der Waals surface area contributed by atoms with Crippen LogP contribution in [0.25, 0.3) is 11.3 Å². The van der Waals surface area contributed by atoms with Gasteiger partial charge in [-0.1, -0.05) is 19.8 Å². The lowest BCUT2D eigenvalue weighted by atomic mass is 10.1. The first kappa shape index (κ1) is 18.0. The minimum absolute atomic E-state index is 0.367. The van der Waals surface area contributed by atoms with Crippen LogP contribution in [0.3, 0.4) is 0 Å². The zero-order valence-electron chi connectivity index (χ0n) is 14.6. The number of nitrogens with zero attached hydrogens (tertiary/aromatic N) is 2. The van der Waals surface area contributed by atoms with Crippen molar-refractivity contribution in [3.8, 4) is 22.9 Å². The van der Waals surface area contributed by atoms with Crippen LogP contribution in [0.1, 0.15) is 31.9 Å². The van der Waals surface area contributed by atoms with E-state index in [2.05, 4.69) is 22.2 Å². The van der Waals surface area contributed by atoms with Gasteiger partial charge in [-0.3, -0.25) is 0 Å². The zero-order chi connectivity index (χ0) is 17.5. The van der Waals surface area contributed by atoms with Crippen molar-refractivity contribution in [3.63, 3.8) is 0 Å². The van der Waals surface area contributed by atoms with Gasteiger partial charge in [0, 0.05) is 18.2 Å². The Balaban J connectivity index is 2.36. The Morgan fingerprint density at radius 1 is 1.12 bits per heavy atom. The van der Waals surface area contributed by atoms with E-state index >= 15 is 0 Å². The highest BCUT2D eigenvalue weighted by molar-refractivity contribution is 5.72. The van der Waals surface area contributed by atoms with Gasteiger partial charge in [0.05, 0.1) is 19.9 Å². The van der Waals surface area contributed by atoms with Crippen LogP contribution in [0, 0.1) is 12.7 Å². The number of aryl methyl sites for hydroxylation is 1. The summed E-state index contributed by atoms with van der Waals surface area (Å²) in [5, 5.41) is 3.29. The van der Waals surface area contributed by atoms with Gasteiger partial charge >= 0.3 is 0 Å². The number of benzene rings is 1. The van der Waals surface area contributed by atoms with Crippen LogP contribution in [0.15, 0.2) is 18.2 Å². The van der Waals surface area contributed by atoms with E-state index in [4.69, 9.17) is 9.47 Å². The van der Waals surface area contributed by atoms with Crippen molar-refractivity contribution in [2.45, 2.75) is 33.1 Å². The summed E-state index contributed by atoms with van der Waals surface area (Å²) < 4.78 is 24.1. The molecular formula is C18H24FN3O2. The maximum atomic E-state index is 13.4. The fourth-order valence-corrected chi connectivity index (χ4v) is 2.43. The quantitative estimate of drug-likeness (QED) is 0.733. The van der Waals surface area contributed by atoms with Crippen LogP contribution < -0.4 is 14.8 Å². The Labute approximate surface area is 142 Å². The van der Waals surface area contributed by atoms with E-state index in [1.807, 2.05) is 6.92 Å². The summed E-state index contributed by atoms with van der Waals surface area (Å²) in [7, 11) is 3.04. The summed E-state index contributed by atoms with van der Waals surface area (Å²) >= 11 is 0. The summed E-state index contributed by atoms with van der Waals surface area (Å²) in [5.41, 5.74) is 1.93. The second-order valence-electron chi connectivity index (χ2n) is 5.49. The molecule has 5 nitrogen and oxygen atoms in total. The predicted octanol–water partition coefficient (Wildman–Crippen LogP) is 4.21. The highest BCUT2D eigenvalue weighted by atomic mass is 19.1. The third-order valence-corrected chi connectivity index (χ3v) is 3.72. The third kappa shape index (κ3) is 4.13. The zero-order valence-corrected chi connectivity index (χ0v) is 14.6. The molecule has 0 bridgehead atoms. The Kier molecular flexibility index (Phi) is 6.35. The summed E-state index contributed by atoms with van der Waals surface area (Å²) in [6.07, 6.45) is 3.41. The minimum Gasteiger partial charge on any atom is -0.496 e. The monoisotopic (exact) mass is 333 g/mol. The first-order chi connectivity index (χ1) is 11.6. The molecule has 0 saturated carbocycles. The van der Waals surface area contributed by atoms with Crippen LogP contribution >= 0.6 is 0 Å². The number of unbranched alkanes of at least 4 members (excludes halogenated alkanes) is 2. The molecule has 0 aliphatic rings. The van der Waals surface area contributed by atoms with Crippen molar-refractivity contribution in [3.05, 3.63) is 29.7 Å². The molecule has 0 spiro atoms. The standard InChI is InChI=1S/C18H24FN3O2/c1-5-6-7-10-20-17-12(2)21-16(18(22-17)24-4)14-9-8-13(19)11-15(14)23-3/h8-9,11H,5-7,10H2,1-4H3,(H,20,22). The molecule has 0 unspecified atom stereocenters. The highest BCUT2D eigenvalue weighted by Gasteiger charge is 2.17. The minimum atomic E-state index is -0.367. The van der Waals surface area contributed by atoms with E-state index in [0.29, 0.717) is 28.7 Å². The number of hydrogen-bond donors (Lipinski definition) is 1. The van der Waals surface area contributed by atoms with Crippen LogP contribution in [-0.2, 0) is 0 Å². The van der Waals surface area contributed by atoms with E-state index in [1.165, 1.54) is 32.1 Å². The molecule has 0 aliphatic heterocycles. The largest absolute Gasteiger partial charge is 0.496 e. The van der Waals surface area contributed by atoms with Gasteiger partial charge in [0.15, 0.2) is 5.82 Å². The first-order valence-electron chi connectivity index (χ1n) is 8.11. The van der Waals surface area contributed by atoms with Gasteiger partial charge in [0.1, 0.15) is 17.3 Å². The number of ether oxygens (including phenoxy) is 2. The molecule has 0 aliphatic carbocycles. The highest BCUT2D eigenvalue weighted by Crippen LogP contribution is 2.35. The fourth-order valence-electron chi connectivity index (χ4n) is 2.43. The molecule has 0 amide bonds. The topological polar surface area (TPSA) is 56.3 Å². The lowest BCUT2D eigenvalue weighted by Crippen LogP contribution is -2.08. The Morgan fingerprint density at radius 3 is 2.58 bits per heavy atom. The molecular weight excluding hydrogens is 309 g/mol. The number of aromatic nitrogens is 2. The fraction of sp³-hybridized carbons (Fsp3) is 0.444. The van der Waals surface area contributed by atoms with Crippen molar-refractivity contribution < 1.29 is 13.9 Å². The number of nitrogens with one attached hydrogen (secondary N) is 1. The average molecular weight is 333 g/mol. The second kappa shape index (κ2) is 8.47. The van der Waals surface area contributed by atoms with E-state index in [9.17, 15) is 4.39 Å². The van der Waals surface area contributed by atoms with Gasteiger partial charge in [-0.2, -0.15) is 4.98 Å². The molecule has 0 radical (unpaired) electrons. The third-order valence-electron chi connectivity index (χ3n) is 3.72. The Hall–Kier alpha value is -2.37. The summed E-state index contributed by atoms with van der Waals surface area (Å²) in [6, 6.07) is 4.31. The molecule has 1 aromatic carbocycles. The Morgan fingerprint density at radius 2 is 1.92 bits per heavy atom. The van der Waals surface area contributed by atoms with E-state index in [0.717, 1.165) is 18.7 Å².